The highest BCUT2D eigenvalue weighted by Gasteiger charge is 2.36. The van der Waals surface area contributed by atoms with Gasteiger partial charge in [-0.15, -0.1) is 0 Å². The van der Waals surface area contributed by atoms with Crippen molar-refractivity contribution >= 4 is 7.60 Å². The van der Waals surface area contributed by atoms with Crippen LogP contribution in [-0.4, -0.2) is 18.4 Å². The Morgan fingerprint density at radius 1 is 1.33 bits per heavy atom. The van der Waals surface area contributed by atoms with Crippen LogP contribution in [0.3, 0.4) is 0 Å². The molecular weight excluding hydrogens is 274 g/mol. The number of hydrogen-bond acceptors (Lipinski definition) is 5. The highest BCUT2D eigenvalue weighted by Crippen LogP contribution is 2.51. The highest BCUT2D eigenvalue weighted by molar-refractivity contribution is 7.53. The zero-order valence-electron chi connectivity index (χ0n) is 9.86. The average Bonchev–Trinajstić information content (AvgIpc) is 2.65. The largest absolute Gasteiger partial charge is 0.436 e. The zero-order valence-corrected chi connectivity index (χ0v) is 10.8. The Morgan fingerprint density at radius 2 is 1.89 bits per heavy atom. The van der Waals surface area contributed by atoms with E-state index < -0.39 is 19.5 Å². The fourth-order valence-electron chi connectivity index (χ4n) is 1.23. The summed E-state index contributed by atoms with van der Waals surface area (Å²) in [7, 11) is -3.48. The molecule has 0 radical (unpaired) electrons. The predicted octanol–water partition coefficient (Wildman–Crippen LogP) is 3.46. The Labute approximate surface area is 102 Å². The first kappa shape index (κ1) is 15.2. The lowest BCUT2D eigenvalue weighted by Gasteiger charge is -2.14. The van der Waals surface area contributed by atoms with Gasteiger partial charge in [0.05, 0.1) is 13.2 Å². The number of aromatic nitrogens is 1. The third-order valence-corrected chi connectivity index (χ3v) is 3.85. The molecule has 0 atom stereocenters. The summed E-state index contributed by atoms with van der Waals surface area (Å²) in [6.45, 7) is 3.45. The topological polar surface area (TPSA) is 61.6 Å². The van der Waals surface area contributed by atoms with Crippen LogP contribution in [0.5, 0.6) is 0 Å². The minimum absolute atomic E-state index is 0.123. The van der Waals surface area contributed by atoms with Gasteiger partial charge in [-0.2, -0.15) is 13.2 Å². The summed E-state index contributed by atoms with van der Waals surface area (Å²) >= 11 is 0. The molecule has 0 N–H and O–H groups in total. The molecule has 0 aliphatic rings. The summed E-state index contributed by atoms with van der Waals surface area (Å²) in [5, 5.41) is 2.86. The van der Waals surface area contributed by atoms with Gasteiger partial charge in [-0.1, -0.05) is 5.16 Å². The van der Waals surface area contributed by atoms with Crippen molar-refractivity contribution in [2.75, 3.05) is 13.2 Å². The molecule has 0 bridgehead atoms. The molecule has 1 aromatic heterocycles. The summed E-state index contributed by atoms with van der Waals surface area (Å²) in [5.41, 5.74) is -1.17. The van der Waals surface area contributed by atoms with E-state index in [0.717, 1.165) is 0 Å². The molecule has 0 amide bonds. The van der Waals surface area contributed by atoms with E-state index in [1.54, 1.807) is 13.8 Å². The predicted molar refractivity (Wildman–Crippen MR) is 56.1 cm³/mol. The Balaban J connectivity index is 2.82. The van der Waals surface area contributed by atoms with Crippen LogP contribution in [-0.2, 0) is 26.0 Å². The van der Waals surface area contributed by atoms with Gasteiger partial charge < -0.3 is 13.6 Å². The van der Waals surface area contributed by atoms with Crippen LogP contribution in [0, 0.1) is 0 Å². The van der Waals surface area contributed by atoms with Crippen LogP contribution in [0.25, 0.3) is 0 Å². The van der Waals surface area contributed by atoms with Crippen molar-refractivity contribution < 1.29 is 31.3 Å². The van der Waals surface area contributed by atoms with E-state index in [9.17, 15) is 17.7 Å². The smallest absolute Gasteiger partial charge is 0.360 e. The van der Waals surface area contributed by atoms with E-state index in [0.29, 0.717) is 6.07 Å². The van der Waals surface area contributed by atoms with E-state index in [4.69, 9.17) is 9.05 Å². The standard InChI is InChI=1S/C9H13F3NO4P/c1-3-15-18(14,16-4-2)6-7-5-8(13-17-7)9(10,11)12/h5H,3-4,6H2,1-2H3. The molecular formula is C9H13F3NO4P. The molecule has 18 heavy (non-hydrogen) atoms. The molecule has 9 heteroatoms. The van der Waals surface area contributed by atoms with Gasteiger partial charge in [-0.05, 0) is 13.8 Å². The Bertz CT molecular complexity index is 422. The fraction of sp³-hybridized carbons (Fsp3) is 0.667. The summed E-state index contributed by atoms with van der Waals surface area (Å²) in [5.74, 6) is -0.187. The number of halogens is 3. The molecule has 0 saturated carbocycles. The first-order chi connectivity index (χ1) is 8.30. The quantitative estimate of drug-likeness (QED) is 0.750. The molecule has 1 aromatic rings. The molecule has 0 fully saturated rings. The fourth-order valence-corrected chi connectivity index (χ4v) is 2.81. The van der Waals surface area contributed by atoms with Crippen LogP contribution < -0.4 is 0 Å². The summed E-state index contributed by atoms with van der Waals surface area (Å²) in [6, 6.07) is 0.685. The Kier molecular flexibility index (Phi) is 4.95. The normalized spacial score (nSPS) is 12.9. The van der Waals surface area contributed by atoms with Crippen molar-refractivity contribution in [3.05, 3.63) is 17.5 Å². The van der Waals surface area contributed by atoms with Gasteiger partial charge in [-0.25, -0.2) is 0 Å². The summed E-state index contributed by atoms with van der Waals surface area (Å²) in [4.78, 5) is 0. The van der Waals surface area contributed by atoms with Crippen molar-refractivity contribution in [1.82, 2.24) is 5.16 Å². The molecule has 0 saturated heterocycles. The van der Waals surface area contributed by atoms with Crippen LogP contribution in [0.15, 0.2) is 10.6 Å². The maximum atomic E-state index is 12.3. The average molecular weight is 287 g/mol. The molecule has 0 aliphatic carbocycles. The maximum absolute atomic E-state index is 12.3. The third-order valence-electron chi connectivity index (χ3n) is 1.85. The lowest BCUT2D eigenvalue weighted by atomic mass is 10.4. The van der Waals surface area contributed by atoms with Crippen LogP contribution in [0.1, 0.15) is 25.3 Å². The molecule has 0 spiro atoms. The van der Waals surface area contributed by atoms with Crippen LogP contribution in [0.4, 0.5) is 13.2 Å². The van der Waals surface area contributed by atoms with Gasteiger partial charge >= 0.3 is 13.8 Å². The Hall–Kier alpha value is -0.850. The van der Waals surface area contributed by atoms with Crippen LogP contribution in [0.2, 0.25) is 0 Å². The number of alkyl halides is 3. The highest BCUT2D eigenvalue weighted by atomic mass is 31.2. The van der Waals surface area contributed by atoms with Gasteiger partial charge in [0.25, 0.3) is 0 Å². The van der Waals surface area contributed by atoms with Gasteiger partial charge in [0.15, 0.2) is 5.69 Å². The molecule has 0 aromatic carbocycles. The van der Waals surface area contributed by atoms with E-state index in [1.165, 1.54) is 0 Å². The second-order valence-corrected chi connectivity index (χ2v) is 5.34. The van der Waals surface area contributed by atoms with Gasteiger partial charge in [0.2, 0.25) is 0 Å². The van der Waals surface area contributed by atoms with Crippen LogP contribution >= 0.6 is 7.60 Å². The zero-order chi connectivity index (χ0) is 13.8. The van der Waals surface area contributed by atoms with Gasteiger partial charge in [0.1, 0.15) is 11.9 Å². The summed E-state index contributed by atoms with van der Waals surface area (Å²) < 4.78 is 63.2. The summed E-state index contributed by atoms with van der Waals surface area (Å²) in [6.07, 6.45) is -4.97. The lowest BCUT2D eigenvalue weighted by molar-refractivity contribution is -0.142. The first-order valence-corrected chi connectivity index (χ1v) is 6.94. The van der Waals surface area contributed by atoms with Crippen molar-refractivity contribution in [1.29, 1.82) is 0 Å². The van der Waals surface area contributed by atoms with Crippen molar-refractivity contribution in [2.24, 2.45) is 0 Å². The molecule has 0 aliphatic heterocycles. The monoisotopic (exact) mass is 287 g/mol. The van der Waals surface area contributed by atoms with Crippen molar-refractivity contribution in [2.45, 2.75) is 26.2 Å². The number of rotatable bonds is 6. The van der Waals surface area contributed by atoms with Gasteiger partial charge in [-0.3, -0.25) is 4.57 Å². The van der Waals surface area contributed by atoms with E-state index in [1.807, 2.05) is 0 Å². The van der Waals surface area contributed by atoms with E-state index in [-0.39, 0.29) is 25.1 Å². The lowest BCUT2D eigenvalue weighted by Crippen LogP contribution is -2.04. The van der Waals surface area contributed by atoms with Crippen molar-refractivity contribution in [3.8, 4) is 0 Å². The second-order valence-electron chi connectivity index (χ2n) is 3.28. The molecule has 104 valence electrons. The SMILES string of the molecule is CCOP(=O)(Cc1cc(C(F)(F)F)no1)OCC. The first-order valence-electron chi connectivity index (χ1n) is 5.21. The van der Waals surface area contributed by atoms with E-state index >= 15 is 0 Å². The molecule has 5 nitrogen and oxygen atoms in total. The van der Waals surface area contributed by atoms with E-state index in [2.05, 4.69) is 9.68 Å². The second kappa shape index (κ2) is 5.86. The Morgan fingerprint density at radius 3 is 2.28 bits per heavy atom. The third kappa shape index (κ3) is 4.12. The molecule has 0 unspecified atom stereocenters. The van der Waals surface area contributed by atoms with Gasteiger partial charge in [0, 0.05) is 6.07 Å². The molecule has 1 rings (SSSR count). The minimum atomic E-state index is -4.59. The minimum Gasteiger partial charge on any atom is -0.360 e. The number of hydrogen-bond donors (Lipinski definition) is 0. The van der Waals surface area contributed by atoms with Crippen molar-refractivity contribution in [3.63, 3.8) is 0 Å². The molecule has 1 heterocycles. The number of nitrogens with zero attached hydrogens (tertiary/aromatic N) is 1. The maximum Gasteiger partial charge on any atom is 0.436 e.